The van der Waals surface area contributed by atoms with E-state index in [1.165, 1.54) is 11.3 Å². The third-order valence-electron chi connectivity index (χ3n) is 2.92. The molecule has 0 saturated carbocycles. The maximum atomic E-state index is 12.3. The molecule has 2 aromatic carbocycles. The number of rotatable bonds is 4. The Bertz CT molecular complexity index is 748. The number of ether oxygens (including phenoxy) is 1. The van der Waals surface area contributed by atoms with Crippen LogP contribution in [0.4, 0.5) is 0 Å². The van der Waals surface area contributed by atoms with E-state index in [9.17, 15) is 4.79 Å². The van der Waals surface area contributed by atoms with Gasteiger partial charge in [-0.3, -0.25) is 4.79 Å². The lowest BCUT2D eigenvalue weighted by molar-refractivity contribution is 0.104. The van der Waals surface area contributed by atoms with Crippen molar-refractivity contribution in [1.29, 1.82) is 0 Å². The molecule has 1 aromatic heterocycles. The summed E-state index contributed by atoms with van der Waals surface area (Å²) in [5, 5.41) is 1.89. The molecule has 0 aliphatic heterocycles. The third kappa shape index (κ3) is 3.23. The van der Waals surface area contributed by atoms with Crippen LogP contribution in [0.1, 0.15) is 15.2 Å². The number of carbonyl (C=O) groups excluding carboxylic acids is 1. The van der Waals surface area contributed by atoms with Crippen molar-refractivity contribution in [1.82, 2.24) is 0 Å². The van der Waals surface area contributed by atoms with Crippen LogP contribution in [-0.4, -0.2) is 5.78 Å². The van der Waals surface area contributed by atoms with Crippen LogP contribution >= 0.6 is 27.3 Å². The van der Waals surface area contributed by atoms with Crippen molar-refractivity contribution in [2.45, 2.75) is 0 Å². The Balaban J connectivity index is 1.78. The monoisotopic (exact) mass is 358 g/mol. The molecular formula is C17H11BrO2S. The van der Waals surface area contributed by atoms with E-state index >= 15 is 0 Å². The fourth-order valence-corrected chi connectivity index (χ4v) is 3.40. The normalized spacial score (nSPS) is 10.3. The number of thiophene rings is 1. The van der Waals surface area contributed by atoms with Crippen molar-refractivity contribution in [3.05, 3.63) is 81.0 Å². The molecule has 0 aliphatic carbocycles. The van der Waals surface area contributed by atoms with Crippen molar-refractivity contribution in [2.75, 3.05) is 0 Å². The molecule has 0 radical (unpaired) electrons. The van der Waals surface area contributed by atoms with Gasteiger partial charge in [0, 0.05) is 10.0 Å². The molecule has 0 atom stereocenters. The summed E-state index contributed by atoms with van der Waals surface area (Å²) in [6.07, 6.45) is 0. The van der Waals surface area contributed by atoms with Gasteiger partial charge in [0.1, 0.15) is 11.5 Å². The van der Waals surface area contributed by atoms with Gasteiger partial charge in [-0.15, -0.1) is 11.3 Å². The standard InChI is InChI=1S/C17H11BrO2S/c18-15-10-11-21-17(15)16(19)12-6-8-14(9-7-12)20-13-4-2-1-3-5-13/h1-11H. The first-order valence-electron chi connectivity index (χ1n) is 6.35. The number of ketones is 1. The molecule has 0 aliphatic rings. The molecule has 104 valence electrons. The lowest BCUT2D eigenvalue weighted by atomic mass is 10.1. The van der Waals surface area contributed by atoms with Crippen LogP contribution in [0.5, 0.6) is 11.5 Å². The minimum Gasteiger partial charge on any atom is -0.457 e. The highest BCUT2D eigenvalue weighted by atomic mass is 79.9. The summed E-state index contributed by atoms with van der Waals surface area (Å²) < 4.78 is 6.54. The van der Waals surface area contributed by atoms with Gasteiger partial charge in [-0.2, -0.15) is 0 Å². The largest absolute Gasteiger partial charge is 0.457 e. The van der Waals surface area contributed by atoms with E-state index in [1.54, 1.807) is 12.1 Å². The average Bonchev–Trinajstić information content (AvgIpc) is 2.94. The van der Waals surface area contributed by atoms with Gasteiger partial charge in [0.2, 0.25) is 5.78 Å². The fourth-order valence-electron chi connectivity index (χ4n) is 1.89. The topological polar surface area (TPSA) is 26.3 Å². The Morgan fingerprint density at radius 1 is 0.905 bits per heavy atom. The summed E-state index contributed by atoms with van der Waals surface area (Å²) in [4.78, 5) is 13.1. The Labute approximate surface area is 135 Å². The zero-order chi connectivity index (χ0) is 14.7. The van der Waals surface area contributed by atoms with Crippen molar-refractivity contribution in [3.8, 4) is 11.5 Å². The van der Waals surface area contributed by atoms with Crippen molar-refractivity contribution in [2.24, 2.45) is 0 Å². The van der Waals surface area contributed by atoms with Gasteiger partial charge in [0.15, 0.2) is 0 Å². The molecule has 3 aromatic rings. The van der Waals surface area contributed by atoms with Gasteiger partial charge in [0.25, 0.3) is 0 Å². The van der Waals surface area contributed by atoms with E-state index in [4.69, 9.17) is 4.74 Å². The average molecular weight is 359 g/mol. The second-order valence-electron chi connectivity index (χ2n) is 4.37. The number of hydrogen-bond donors (Lipinski definition) is 0. The van der Waals surface area contributed by atoms with Crippen LogP contribution in [0.15, 0.2) is 70.5 Å². The predicted octanol–water partition coefficient (Wildman–Crippen LogP) is 5.53. The van der Waals surface area contributed by atoms with Gasteiger partial charge in [-0.25, -0.2) is 0 Å². The molecule has 3 rings (SSSR count). The van der Waals surface area contributed by atoms with Crippen molar-refractivity contribution in [3.63, 3.8) is 0 Å². The van der Waals surface area contributed by atoms with E-state index in [0.717, 1.165) is 10.2 Å². The van der Waals surface area contributed by atoms with Crippen molar-refractivity contribution < 1.29 is 9.53 Å². The molecule has 0 bridgehead atoms. The molecule has 2 nitrogen and oxygen atoms in total. The highest BCUT2D eigenvalue weighted by molar-refractivity contribution is 9.10. The van der Waals surface area contributed by atoms with Gasteiger partial charge < -0.3 is 4.74 Å². The molecule has 1 heterocycles. The lowest BCUT2D eigenvalue weighted by Gasteiger charge is -2.06. The number of hydrogen-bond acceptors (Lipinski definition) is 3. The highest BCUT2D eigenvalue weighted by Crippen LogP contribution is 2.27. The van der Waals surface area contributed by atoms with Crippen LogP contribution in [0.2, 0.25) is 0 Å². The van der Waals surface area contributed by atoms with Gasteiger partial charge in [-0.1, -0.05) is 18.2 Å². The maximum Gasteiger partial charge on any atom is 0.204 e. The van der Waals surface area contributed by atoms with Gasteiger partial charge in [0.05, 0.1) is 4.88 Å². The summed E-state index contributed by atoms with van der Waals surface area (Å²) in [7, 11) is 0. The summed E-state index contributed by atoms with van der Waals surface area (Å²) >= 11 is 4.82. The molecule has 0 unspecified atom stereocenters. The summed E-state index contributed by atoms with van der Waals surface area (Å²) in [6.45, 7) is 0. The zero-order valence-electron chi connectivity index (χ0n) is 11.0. The Morgan fingerprint density at radius 2 is 1.57 bits per heavy atom. The number of para-hydroxylation sites is 1. The third-order valence-corrected chi connectivity index (χ3v) is 4.76. The van der Waals surface area contributed by atoms with Crippen molar-refractivity contribution >= 4 is 33.0 Å². The SMILES string of the molecule is O=C(c1ccc(Oc2ccccc2)cc1)c1sccc1Br. The smallest absolute Gasteiger partial charge is 0.204 e. The molecule has 0 fully saturated rings. The molecule has 0 saturated heterocycles. The van der Waals surface area contributed by atoms with Crippen LogP contribution < -0.4 is 4.74 Å². The first kappa shape index (κ1) is 14.0. The Hall–Kier alpha value is -1.91. The number of carbonyl (C=O) groups is 1. The maximum absolute atomic E-state index is 12.3. The van der Waals surface area contributed by atoms with E-state index in [0.29, 0.717) is 16.2 Å². The number of benzene rings is 2. The van der Waals surface area contributed by atoms with E-state index in [-0.39, 0.29) is 5.78 Å². The first-order chi connectivity index (χ1) is 10.2. The minimum absolute atomic E-state index is 0.0168. The molecule has 21 heavy (non-hydrogen) atoms. The second-order valence-corrected chi connectivity index (χ2v) is 6.14. The zero-order valence-corrected chi connectivity index (χ0v) is 13.4. The summed E-state index contributed by atoms with van der Waals surface area (Å²) in [5.74, 6) is 1.50. The van der Waals surface area contributed by atoms with Gasteiger partial charge >= 0.3 is 0 Å². The fraction of sp³-hybridized carbons (Fsp3) is 0. The molecule has 0 N–H and O–H groups in total. The van der Waals surface area contributed by atoms with Crippen LogP contribution in [0, 0.1) is 0 Å². The Morgan fingerprint density at radius 3 is 2.19 bits per heavy atom. The summed E-state index contributed by atoms with van der Waals surface area (Å²) in [5.41, 5.74) is 0.651. The van der Waals surface area contributed by atoms with Gasteiger partial charge in [-0.05, 0) is 63.8 Å². The van der Waals surface area contributed by atoms with E-state index < -0.39 is 0 Å². The minimum atomic E-state index is 0.0168. The lowest BCUT2D eigenvalue weighted by Crippen LogP contribution is -1.99. The first-order valence-corrected chi connectivity index (χ1v) is 8.02. The highest BCUT2D eigenvalue weighted by Gasteiger charge is 2.13. The summed E-state index contributed by atoms with van der Waals surface area (Å²) in [6, 6.07) is 18.6. The van der Waals surface area contributed by atoms with Crippen LogP contribution in [0.3, 0.4) is 0 Å². The van der Waals surface area contributed by atoms with E-state index in [2.05, 4.69) is 15.9 Å². The molecule has 0 spiro atoms. The second kappa shape index (κ2) is 6.24. The van der Waals surface area contributed by atoms with Crippen LogP contribution in [-0.2, 0) is 0 Å². The predicted molar refractivity (Wildman–Crippen MR) is 88.4 cm³/mol. The van der Waals surface area contributed by atoms with Crippen LogP contribution in [0.25, 0.3) is 0 Å². The molecule has 0 amide bonds. The molecular weight excluding hydrogens is 348 g/mol. The Kier molecular flexibility index (Phi) is 4.18. The molecule has 4 heteroatoms. The quantitative estimate of drug-likeness (QED) is 0.572. The van der Waals surface area contributed by atoms with E-state index in [1.807, 2.05) is 53.9 Å². The number of halogens is 1.